The molecule has 0 rings (SSSR count). The summed E-state index contributed by atoms with van der Waals surface area (Å²) in [5, 5.41) is 1.25. The lowest BCUT2D eigenvalue weighted by atomic mass is 10.2. The predicted octanol–water partition coefficient (Wildman–Crippen LogP) is 1.92. The molecule has 0 aromatic carbocycles. The first-order valence-electron chi connectivity index (χ1n) is 4.30. The Balaban J connectivity index is 3.47. The summed E-state index contributed by atoms with van der Waals surface area (Å²) in [6.07, 6.45) is 7.86. The van der Waals surface area contributed by atoms with E-state index in [4.69, 9.17) is 4.84 Å². The quantitative estimate of drug-likeness (QED) is 0.357. The van der Waals surface area contributed by atoms with Gasteiger partial charge in [-0.2, -0.15) is 0 Å². The summed E-state index contributed by atoms with van der Waals surface area (Å²) in [5.41, 5.74) is 0. The van der Waals surface area contributed by atoms with Crippen LogP contribution < -0.4 is 0 Å². The van der Waals surface area contributed by atoms with Crippen LogP contribution in [0.25, 0.3) is 0 Å². The highest BCUT2D eigenvalue weighted by molar-refractivity contribution is 5.74. The molecule has 0 fully saturated rings. The molecule has 0 aliphatic heterocycles. The van der Waals surface area contributed by atoms with E-state index in [9.17, 15) is 4.79 Å². The topological polar surface area (TPSA) is 29.5 Å². The third-order valence-corrected chi connectivity index (χ3v) is 1.66. The van der Waals surface area contributed by atoms with Gasteiger partial charge < -0.3 is 0 Å². The Morgan fingerprint density at radius 3 is 2.85 bits per heavy atom. The Kier molecular flexibility index (Phi) is 6.92. The zero-order chi connectivity index (χ0) is 10.1. The Bertz CT molecular complexity index is 187. The molecule has 0 radical (unpaired) electrons. The lowest BCUT2D eigenvalue weighted by Gasteiger charge is -2.12. The summed E-state index contributed by atoms with van der Waals surface area (Å²) in [7, 11) is 3.09. The molecule has 0 atom stereocenters. The number of nitrogens with zero attached hydrogens (tertiary/aromatic N) is 1. The second-order valence-electron chi connectivity index (χ2n) is 2.63. The van der Waals surface area contributed by atoms with Gasteiger partial charge in [0.05, 0.1) is 7.11 Å². The number of rotatable bonds is 6. The SMILES string of the molecule is C=C/C=C/CCCC(=O)N(C)OC. The van der Waals surface area contributed by atoms with Crippen molar-refractivity contribution in [1.29, 1.82) is 0 Å². The number of carbonyl (C=O) groups is 1. The van der Waals surface area contributed by atoms with Crippen molar-refractivity contribution >= 4 is 5.91 Å². The molecule has 0 bridgehead atoms. The first kappa shape index (κ1) is 11.9. The van der Waals surface area contributed by atoms with E-state index in [0.717, 1.165) is 12.8 Å². The van der Waals surface area contributed by atoms with E-state index < -0.39 is 0 Å². The molecule has 0 aliphatic carbocycles. The van der Waals surface area contributed by atoms with Crippen molar-refractivity contribution < 1.29 is 9.63 Å². The average molecular weight is 183 g/mol. The second-order valence-corrected chi connectivity index (χ2v) is 2.63. The maximum Gasteiger partial charge on any atom is 0.245 e. The van der Waals surface area contributed by atoms with Gasteiger partial charge in [0, 0.05) is 13.5 Å². The fourth-order valence-corrected chi connectivity index (χ4v) is 0.823. The van der Waals surface area contributed by atoms with Crippen molar-refractivity contribution in [2.24, 2.45) is 0 Å². The van der Waals surface area contributed by atoms with E-state index in [1.807, 2.05) is 12.2 Å². The molecule has 1 amide bonds. The van der Waals surface area contributed by atoms with Gasteiger partial charge in [0.2, 0.25) is 5.91 Å². The van der Waals surface area contributed by atoms with Crippen molar-refractivity contribution in [3.05, 3.63) is 24.8 Å². The van der Waals surface area contributed by atoms with Gasteiger partial charge in [-0.25, -0.2) is 5.06 Å². The average Bonchev–Trinajstić information content (AvgIpc) is 2.16. The monoisotopic (exact) mass is 183 g/mol. The molecule has 0 aliphatic rings. The van der Waals surface area contributed by atoms with E-state index in [-0.39, 0.29) is 5.91 Å². The summed E-state index contributed by atoms with van der Waals surface area (Å²) in [6.45, 7) is 3.55. The molecule has 0 N–H and O–H groups in total. The van der Waals surface area contributed by atoms with Crippen molar-refractivity contribution in [3.63, 3.8) is 0 Å². The first-order valence-corrected chi connectivity index (χ1v) is 4.30. The molecule has 0 aromatic heterocycles. The highest BCUT2D eigenvalue weighted by Gasteiger charge is 2.05. The second kappa shape index (κ2) is 7.55. The smallest absolute Gasteiger partial charge is 0.245 e. The van der Waals surface area contributed by atoms with E-state index in [0.29, 0.717) is 6.42 Å². The van der Waals surface area contributed by atoms with Crippen molar-refractivity contribution in [2.45, 2.75) is 19.3 Å². The van der Waals surface area contributed by atoms with Crippen molar-refractivity contribution in [3.8, 4) is 0 Å². The van der Waals surface area contributed by atoms with Gasteiger partial charge in [-0.3, -0.25) is 9.63 Å². The van der Waals surface area contributed by atoms with Crippen molar-refractivity contribution in [2.75, 3.05) is 14.2 Å². The molecule has 74 valence electrons. The molecule has 3 heteroatoms. The minimum absolute atomic E-state index is 0.00880. The van der Waals surface area contributed by atoms with Gasteiger partial charge in [0.15, 0.2) is 0 Å². The summed E-state index contributed by atoms with van der Waals surface area (Å²) < 4.78 is 0. The van der Waals surface area contributed by atoms with Crippen LogP contribution in [0.15, 0.2) is 24.8 Å². The molecular weight excluding hydrogens is 166 g/mol. The number of amides is 1. The number of hydrogen-bond donors (Lipinski definition) is 0. The van der Waals surface area contributed by atoms with Crippen LogP contribution in [-0.4, -0.2) is 25.1 Å². The van der Waals surface area contributed by atoms with Crippen LogP contribution in [0.2, 0.25) is 0 Å². The maximum atomic E-state index is 11.2. The number of carbonyl (C=O) groups excluding carboxylic acids is 1. The van der Waals surface area contributed by atoms with E-state index in [1.165, 1.54) is 12.2 Å². The highest BCUT2D eigenvalue weighted by Crippen LogP contribution is 2.00. The zero-order valence-electron chi connectivity index (χ0n) is 8.32. The van der Waals surface area contributed by atoms with Gasteiger partial charge in [-0.15, -0.1) is 0 Å². The minimum atomic E-state index is 0.00880. The number of allylic oxidation sites excluding steroid dienone is 3. The van der Waals surface area contributed by atoms with Crippen LogP contribution in [0, 0.1) is 0 Å². The Hall–Kier alpha value is -1.09. The van der Waals surface area contributed by atoms with Crippen LogP contribution >= 0.6 is 0 Å². The van der Waals surface area contributed by atoms with Gasteiger partial charge in [0.25, 0.3) is 0 Å². The summed E-state index contributed by atoms with van der Waals surface area (Å²) >= 11 is 0. The first-order chi connectivity index (χ1) is 6.22. The number of unbranched alkanes of at least 4 members (excludes halogenated alkanes) is 1. The molecule has 0 saturated carbocycles. The highest BCUT2D eigenvalue weighted by atomic mass is 16.7. The largest absolute Gasteiger partial charge is 0.275 e. The van der Waals surface area contributed by atoms with Gasteiger partial charge >= 0.3 is 0 Å². The molecular formula is C10H17NO2. The standard InChI is InChI=1S/C10H17NO2/c1-4-5-6-7-8-9-10(12)11(2)13-3/h4-6H,1,7-9H2,2-3H3/b6-5+. The third-order valence-electron chi connectivity index (χ3n) is 1.66. The molecule has 0 saturated heterocycles. The molecule has 13 heavy (non-hydrogen) atoms. The fourth-order valence-electron chi connectivity index (χ4n) is 0.823. The van der Waals surface area contributed by atoms with Gasteiger partial charge in [-0.1, -0.05) is 24.8 Å². The number of hydrogen-bond acceptors (Lipinski definition) is 2. The summed E-state index contributed by atoms with van der Waals surface area (Å²) in [5.74, 6) is 0.00880. The predicted molar refractivity (Wildman–Crippen MR) is 53.0 cm³/mol. The van der Waals surface area contributed by atoms with Crippen LogP contribution in [0.4, 0.5) is 0 Å². The maximum absolute atomic E-state index is 11.2. The lowest BCUT2D eigenvalue weighted by Crippen LogP contribution is -2.24. The lowest BCUT2D eigenvalue weighted by molar-refractivity contribution is -0.168. The Morgan fingerprint density at radius 2 is 2.31 bits per heavy atom. The Morgan fingerprint density at radius 1 is 1.62 bits per heavy atom. The van der Waals surface area contributed by atoms with Gasteiger partial charge in [-0.05, 0) is 12.8 Å². The zero-order valence-corrected chi connectivity index (χ0v) is 8.32. The van der Waals surface area contributed by atoms with Crippen LogP contribution in [0.5, 0.6) is 0 Å². The number of hydroxylamine groups is 2. The molecule has 0 aromatic rings. The summed E-state index contributed by atoms with van der Waals surface area (Å²) in [6, 6.07) is 0. The van der Waals surface area contributed by atoms with Gasteiger partial charge in [0.1, 0.15) is 0 Å². The Labute approximate surface area is 79.6 Å². The van der Waals surface area contributed by atoms with E-state index in [1.54, 1.807) is 13.1 Å². The minimum Gasteiger partial charge on any atom is -0.275 e. The third kappa shape index (κ3) is 6.11. The molecule has 3 nitrogen and oxygen atoms in total. The molecule has 0 spiro atoms. The summed E-state index contributed by atoms with van der Waals surface area (Å²) in [4.78, 5) is 15.9. The van der Waals surface area contributed by atoms with E-state index in [2.05, 4.69) is 6.58 Å². The molecule has 0 heterocycles. The van der Waals surface area contributed by atoms with Crippen LogP contribution in [0.3, 0.4) is 0 Å². The molecule has 0 unspecified atom stereocenters. The van der Waals surface area contributed by atoms with Crippen LogP contribution in [0.1, 0.15) is 19.3 Å². The normalized spacial score (nSPS) is 10.3. The van der Waals surface area contributed by atoms with Crippen LogP contribution in [-0.2, 0) is 9.63 Å². The van der Waals surface area contributed by atoms with E-state index >= 15 is 0 Å². The fraction of sp³-hybridized carbons (Fsp3) is 0.500. The van der Waals surface area contributed by atoms with Crippen molar-refractivity contribution in [1.82, 2.24) is 5.06 Å².